The summed E-state index contributed by atoms with van der Waals surface area (Å²) in [6.45, 7) is 7.82. The molecule has 23 heavy (non-hydrogen) atoms. The molecule has 3 rings (SSSR count). The van der Waals surface area contributed by atoms with Crippen LogP contribution in [-0.4, -0.2) is 12.9 Å². The molecule has 0 fully saturated rings. The summed E-state index contributed by atoms with van der Waals surface area (Å²) >= 11 is 0. The lowest BCUT2D eigenvalue weighted by atomic mass is 9.96. The van der Waals surface area contributed by atoms with Crippen LogP contribution in [0.3, 0.4) is 0 Å². The number of hydrogen-bond acceptors (Lipinski definition) is 3. The maximum absolute atomic E-state index is 13.0. The van der Waals surface area contributed by atoms with Gasteiger partial charge >= 0.3 is 0 Å². The van der Waals surface area contributed by atoms with E-state index in [2.05, 4.69) is 0 Å². The zero-order valence-corrected chi connectivity index (χ0v) is 14.1. The fraction of sp³-hybridized carbons (Fsp3) is 0.250. The molecule has 0 radical (unpaired) electrons. The standard InChI is InChI=1S/C20H20O3/c1-11-6-7-16-18(8-11)23-14(4)19(16)20(21)15-9-12(2)13(3)17(10-15)22-5/h6-10H,1-5H3. The summed E-state index contributed by atoms with van der Waals surface area (Å²) in [7, 11) is 1.62. The molecule has 3 aromatic rings. The summed E-state index contributed by atoms with van der Waals surface area (Å²) in [5.74, 6) is 1.34. The fourth-order valence-corrected chi connectivity index (χ4v) is 2.92. The largest absolute Gasteiger partial charge is 0.496 e. The van der Waals surface area contributed by atoms with Gasteiger partial charge in [-0.05, 0) is 62.6 Å². The Morgan fingerprint density at radius 3 is 2.48 bits per heavy atom. The zero-order chi connectivity index (χ0) is 16.7. The lowest BCUT2D eigenvalue weighted by Crippen LogP contribution is -2.04. The minimum absolute atomic E-state index is 0.0356. The quantitative estimate of drug-likeness (QED) is 0.646. The predicted molar refractivity (Wildman–Crippen MR) is 91.6 cm³/mol. The third-order valence-corrected chi connectivity index (χ3v) is 4.35. The van der Waals surface area contributed by atoms with Crippen molar-refractivity contribution in [3.8, 4) is 5.75 Å². The van der Waals surface area contributed by atoms with E-state index in [9.17, 15) is 4.79 Å². The van der Waals surface area contributed by atoms with Crippen molar-refractivity contribution in [3.05, 3.63) is 63.9 Å². The molecule has 0 saturated heterocycles. The van der Waals surface area contributed by atoms with Crippen LogP contribution in [0.1, 0.15) is 38.4 Å². The van der Waals surface area contributed by atoms with Crippen LogP contribution in [0.4, 0.5) is 0 Å². The van der Waals surface area contributed by atoms with Crippen LogP contribution in [0, 0.1) is 27.7 Å². The van der Waals surface area contributed by atoms with Crippen molar-refractivity contribution in [2.45, 2.75) is 27.7 Å². The van der Waals surface area contributed by atoms with E-state index in [1.165, 1.54) is 0 Å². The number of rotatable bonds is 3. The number of fused-ring (bicyclic) bond motifs is 1. The molecule has 0 aliphatic heterocycles. The molecule has 0 spiro atoms. The van der Waals surface area contributed by atoms with Crippen molar-refractivity contribution in [3.63, 3.8) is 0 Å². The van der Waals surface area contributed by atoms with Gasteiger partial charge in [0.15, 0.2) is 5.78 Å². The molecule has 0 atom stereocenters. The number of ketones is 1. The fourth-order valence-electron chi connectivity index (χ4n) is 2.92. The minimum atomic E-state index is -0.0356. The van der Waals surface area contributed by atoms with Crippen LogP contribution in [0.5, 0.6) is 5.75 Å². The molecule has 3 heteroatoms. The van der Waals surface area contributed by atoms with Crippen LogP contribution in [0.2, 0.25) is 0 Å². The van der Waals surface area contributed by atoms with E-state index in [1.54, 1.807) is 13.2 Å². The predicted octanol–water partition coefficient (Wildman–Crippen LogP) is 4.91. The number of hydrogen-bond donors (Lipinski definition) is 0. The molecule has 118 valence electrons. The average Bonchev–Trinajstić information content (AvgIpc) is 2.83. The first-order valence-corrected chi connectivity index (χ1v) is 7.62. The van der Waals surface area contributed by atoms with E-state index < -0.39 is 0 Å². The lowest BCUT2D eigenvalue weighted by Gasteiger charge is -2.10. The second-order valence-electron chi connectivity index (χ2n) is 5.98. The van der Waals surface area contributed by atoms with Crippen LogP contribution < -0.4 is 4.74 Å². The Hall–Kier alpha value is -2.55. The smallest absolute Gasteiger partial charge is 0.197 e. The van der Waals surface area contributed by atoms with E-state index in [0.717, 1.165) is 33.4 Å². The highest BCUT2D eigenvalue weighted by molar-refractivity contribution is 6.17. The summed E-state index contributed by atoms with van der Waals surface area (Å²) in [5, 5.41) is 0.857. The molecule has 0 aliphatic carbocycles. The van der Waals surface area contributed by atoms with Crippen molar-refractivity contribution in [1.82, 2.24) is 0 Å². The van der Waals surface area contributed by atoms with E-state index in [-0.39, 0.29) is 5.78 Å². The van der Waals surface area contributed by atoms with Crippen molar-refractivity contribution in [1.29, 1.82) is 0 Å². The number of ether oxygens (including phenoxy) is 1. The molecule has 0 bridgehead atoms. The highest BCUT2D eigenvalue weighted by Gasteiger charge is 2.21. The summed E-state index contributed by atoms with van der Waals surface area (Å²) in [6.07, 6.45) is 0. The average molecular weight is 308 g/mol. The minimum Gasteiger partial charge on any atom is -0.496 e. The first-order valence-electron chi connectivity index (χ1n) is 7.62. The maximum Gasteiger partial charge on any atom is 0.197 e. The van der Waals surface area contributed by atoms with E-state index in [4.69, 9.17) is 9.15 Å². The van der Waals surface area contributed by atoms with Gasteiger partial charge in [-0.1, -0.05) is 12.1 Å². The number of methoxy groups -OCH3 is 1. The topological polar surface area (TPSA) is 39.4 Å². The SMILES string of the molecule is COc1cc(C(=O)c2c(C)oc3cc(C)ccc23)cc(C)c1C. The molecule has 0 unspecified atom stereocenters. The second-order valence-corrected chi connectivity index (χ2v) is 5.98. The molecule has 0 aliphatic rings. The summed E-state index contributed by atoms with van der Waals surface area (Å²) in [4.78, 5) is 13.0. The highest BCUT2D eigenvalue weighted by atomic mass is 16.5. The summed E-state index contributed by atoms with van der Waals surface area (Å²) in [5.41, 5.74) is 5.20. The van der Waals surface area contributed by atoms with Crippen LogP contribution >= 0.6 is 0 Å². The lowest BCUT2D eigenvalue weighted by molar-refractivity contribution is 0.103. The van der Waals surface area contributed by atoms with Crippen LogP contribution in [0.25, 0.3) is 11.0 Å². The number of aryl methyl sites for hydroxylation is 3. The van der Waals surface area contributed by atoms with Crippen LogP contribution in [-0.2, 0) is 0 Å². The van der Waals surface area contributed by atoms with Crippen molar-refractivity contribution in [2.75, 3.05) is 7.11 Å². The molecule has 1 aromatic heterocycles. The second kappa shape index (κ2) is 5.58. The van der Waals surface area contributed by atoms with E-state index in [1.807, 2.05) is 52.0 Å². The van der Waals surface area contributed by atoms with Crippen LogP contribution in [0.15, 0.2) is 34.7 Å². The molecular weight excluding hydrogens is 288 g/mol. The van der Waals surface area contributed by atoms with Crippen molar-refractivity contribution in [2.24, 2.45) is 0 Å². The van der Waals surface area contributed by atoms with Gasteiger partial charge in [-0.15, -0.1) is 0 Å². The van der Waals surface area contributed by atoms with Gasteiger partial charge in [0.2, 0.25) is 0 Å². The monoisotopic (exact) mass is 308 g/mol. The first kappa shape index (κ1) is 15.3. The molecular formula is C20H20O3. The molecule has 0 N–H and O–H groups in total. The molecule has 2 aromatic carbocycles. The molecule has 3 nitrogen and oxygen atoms in total. The Morgan fingerprint density at radius 1 is 1.04 bits per heavy atom. The van der Waals surface area contributed by atoms with Gasteiger partial charge in [0, 0.05) is 10.9 Å². The Bertz CT molecular complexity index is 916. The third kappa shape index (κ3) is 2.52. The van der Waals surface area contributed by atoms with Crippen molar-refractivity contribution < 1.29 is 13.9 Å². The Labute approximate surface area is 135 Å². The Kier molecular flexibility index (Phi) is 3.72. The van der Waals surface area contributed by atoms with Gasteiger partial charge in [-0.2, -0.15) is 0 Å². The zero-order valence-electron chi connectivity index (χ0n) is 14.1. The normalized spacial score (nSPS) is 11.0. The first-order chi connectivity index (χ1) is 10.9. The van der Waals surface area contributed by atoms with Gasteiger partial charge in [0.1, 0.15) is 17.1 Å². The Balaban J connectivity index is 2.18. The van der Waals surface area contributed by atoms with Gasteiger partial charge < -0.3 is 9.15 Å². The number of carbonyl (C=O) groups excluding carboxylic acids is 1. The highest BCUT2D eigenvalue weighted by Crippen LogP contribution is 2.31. The maximum atomic E-state index is 13.0. The third-order valence-electron chi connectivity index (χ3n) is 4.35. The molecule has 0 saturated carbocycles. The molecule has 0 amide bonds. The van der Waals surface area contributed by atoms with Crippen molar-refractivity contribution >= 4 is 16.8 Å². The van der Waals surface area contributed by atoms with Gasteiger partial charge in [0.05, 0.1) is 12.7 Å². The van der Waals surface area contributed by atoms with Gasteiger partial charge in [0.25, 0.3) is 0 Å². The van der Waals surface area contributed by atoms with E-state index >= 15 is 0 Å². The summed E-state index contributed by atoms with van der Waals surface area (Å²) in [6, 6.07) is 9.62. The number of carbonyl (C=O) groups is 1. The van der Waals surface area contributed by atoms with Gasteiger partial charge in [-0.3, -0.25) is 4.79 Å². The van der Waals surface area contributed by atoms with Gasteiger partial charge in [-0.25, -0.2) is 0 Å². The molecule has 1 heterocycles. The number of benzene rings is 2. The Morgan fingerprint density at radius 2 is 1.78 bits per heavy atom. The number of furan rings is 1. The summed E-state index contributed by atoms with van der Waals surface area (Å²) < 4.78 is 11.2. The van der Waals surface area contributed by atoms with E-state index in [0.29, 0.717) is 16.9 Å².